The second-order valence-electron chi connectivity index (χ2n) is 6.54. The van der Waals surface area contributed by atoms with Gasteiger partial charge in [0.25, 0.3) is 0 Å². The summed E-state index contributed by atoms with van der Waals surface area (Å²) >= 11 is 13.4. The molecule has 4 nitrogen and oxygen atoms in total. The van der Waals surface area contributed by atoms with Gasteiger partial charge in [-0.3, -0.25) is 4.79 Å². The lowest BCUT2D eigenvalue weighted by atomic mass is 9.88. The van der Waals surface area contributed by atoms with Gasteiger partial charge >= 0.3 is 5.97 Å². The van der Waals surface area contributed by atoms with Gasteiger partial charge in [-0.25, -0.2) is 4.79 Å². The summed E-state index contributed by atoms with van der Waals surface area (Å²) in [7, 11) is 1.35. The number of hydrogen-bond acceptors (Lipinski definition) is 4. The van der Waals surface area contributed by atoms with Gasteiger partial charge in [0.2, 0.25) is 5.91 Å². The Labute approximate surface area is 172 Å². The van der Waals surface area contributed by atoms with E-state index < -0.39 is 5.97 Å². The zero-order valence-electron chi connectivity index (χ0n) is 15.0. The average Bonchev–Trinajstić information content (AvgIpc) is 2.97. The number of benzene rings is 1. The van der Waals surface area contributed by atoms with E-state index in [-0.39, 0.29) is 5.91 Å². The largest absolute Gasteiger partial charge is 0.465 e. The minimum absolute atomic E-state index is 0.335. The number of amides is 1. The van der Waals surface area contributed by atoms with Gasteiger partial charge in [-0.15, -0.1) is 11.3 Å². The van der Waals surface area contributed by atoms with Crippen molar-refractivity contribution in [1.82, 2.24) is 0 Å². The highest BCUT2D eigenvalue weighted by molar-refractivity contribution is 7.17. The molecular weight excluding hydrogens is 405 g/mol. The van der Waals surface area contributed by atoms with E-state index in [0.717, 1.165) is 29.7 Å². The number of carbonyl (C=O) groups is 2. The van der Waals surface area contributed by atoms with Crippen molar-refractivity contribution in [3.05, 3.63) is 55.9 Å². The fourth-order valence-corrected chi connectivity index (χ4v) is 4.99. The van der Waals surface area contributed by atoms with Crippen molar-refractivity contribution in [3.8, 4) is 0 Å². The fraction of sp³-hybridized carbons (Fsp3) is 0.300. The van der Waals surface area contributed by atoms with Gasteiger partial charge < -0.3 is 10.1 Å². The first-order valence-electron chi connectivity index (χ1n) is 8.56. The number of fused-ring (bicyclic) bond motifs is 1. The van der Waals surface area contributed by atoms with Gasteiger partial charge in [0.05, 0.1) is 12.7 Å². The second kappa shape index (κ2) is 8.46. The van der Waals surface area contributed by atoms with Crippen molar-refractivity contribution in [1.29, 1.82) is 0 Å². The summed E-state index contributed by atoms with van der Waals surface area (Å²) in [6, 6.07) is 5.05. The number of hydrogen-bond donors (Lipinski definition) is 1. The predicted octanol–water partition coefficient (Wildman–Crippen LogP) is 5.62. The molecule has 1 aliphatic carbocycles. The highest BCUT2D eigenvalue weighted by Gasteiger charge is 2.28. The first-order chi connectivity index (χ1) is 12.9. The van der Waals surface area contributed by atoms with E-state index >= 15 is 0 Å². The number of esters is 1. The summed E-state index contributed by atoms with van der Waals surface area (Å²) in [4.78, 5) is 25.8. The van der Waals surface area contributed by atoms with E-state index in [4.69, 9.17) is 27.9 Å². The number of halogens is 2. The molecule has 0 bridgehead atoms. The van der Waals surface area contributed by atoms with Gasteiger partial charge in [-0.2, -0.15) is 0 Å². The zero-order valence-corrected chi connectivity index (χ0v) is 17.3. The van der Waals surface area contributed by atoms with Crippen LogP contribution in [0.1, 0.15) is 39.7 Å². The van der Waals surface area contributed by atoms with Crippen molar-refractivity contribution in [2.45, 2.75) is 26.2 Å². The molecule has 0 spiro atoms. The van der Waals surface area contributed by atoms with Crippen molar-refractivity contribution in [3.63, 3.8) is 0 Å². The van der Waals surface area contributed by atoms with Gasteiger partial charge in [-0.05, 0) is 54.5 Å². The molecule has 27 heavy (non-hydrogen) atoms. The van der Waals surface area contributed by atoms with Crippen molar-refractivity contribution in [2.24, 2.45) is 5.92 Å². The second-order valence-corrected chi connectivity index (χ2v) is 8.48. The molecule has 0 radical (unpaired) electrons. The van der Waals surface area contributed by atoms with Crippen LogP contribution in [0.5, 0.6) is 0 Å². The van der Waals surface area contributed by atoms with Gasteiger partial charge in [-0.1, -0.05) is 36.2 Å². The predicted molar refractivity (Wildman–Crippen MR) is 111 cm³/mol. The monoisotopic (exact) mass is 423 g/mol. The fourth-order valence-electron chi connectivity index (χ4n) is 3.11. The molecule has 1 heterocycles. The van der Waals surface area contributed by atoms with E-state index in [1.54, 1.807) is 24.3 Å². The van der Waals surface area contributed by atoms with Crippen LogP contribution in [0.15, 0.2) is 24.3 Å². The summed E-state index contributed by atoms with van der Waals surface area (Å²) in [5, 5.41) is 4.35. The average molecular weight is 424 g/mol. The third kappa shape index (κ3) is 4.54. The minimum atomic E-state index is -0.415. The molecule has 0 fully saturated rings. The third-order valence-corrected chi connectivity index (χ3v) is 6.25. The van der Waals surface area contributed by atoms with Crippen molar-refractivity contribution in [2.75, 3.05) is 12.4 Å². The van der Waals surface area contributed by atoms with Crippen LogP contribution < -0.4 is 5.32 Å². The number of thiophene rings is 1. The molecule has 1 aliphatic rings. The Balaban J connectivity index is 1.83. The van der Waals surface area contributed by atoms with Crippen LogP contribution in [0.2, 0.25) is 10.0 Å². The highest BCUT2D eigenvalue weighted by atomic mass is 35.5. The number of nitrogens with one attached hydrogen (secondary N) is 1. The standard InChI is InChI=1S/C20H19Cl2NO3S/c1-11-3-7-14-16(9-11)27-19(18(14)20(25)26-2)23-17(24)8-5-12-4-6-13(21)10-15(12)22/h4-6,8,10-11H,3,7,9H2,1-2H3,(H,23,24). The Bertz CT molecular complexity index is 920. The first-order valence-corrected chi connectivity index (χ1v) is 10.1. The topological polar surface area (TPSA) is 55.4 Å². The lowest BCUT2D eigenvalue weighted by Gasteiger charge is -2.18. The van der Waals surface area contributed by atoms with Gasteiger partial charge in [0.1, 0.15) is 5.00 Å². The highest BCUT2D eigenvalue weighted by Crippen LogP contribution is 2.40. The van der Waals surface area contributed by atoms with Crippen LogP contribution in [0.4, 0.5) is 5.00 Å². The summed E-state index contributed by atoms with van der Waals surface area (Å²) in [6.45, 7) is 2.19. The Hall–Kier alpha value is -1.82. The number of anilines is 1. The molecule has 1 aromatic carbocycles. The summed E-state index contributed by atoms with van der Waals surface area (Å²) in [6.07, 6.45) is 5.76. The number of rotatable bonds is 4. The van der Waals surface area contributed by atoms with E-state index in [0.29, 0.717) is 32.1 Å². The quantitative estimate of drug-likeness (QED) is 0.512. The Morgan fingerprint density at radius 1 is 1.33 bits per heavy atom. The van der Waals surface area contributed by atoms with E-state index in [1.807, 2.05) is 0 Å². The Kier molecular flexibility index (Phi) is 6.25. The zero-order chi connectivity index (χ0) is 19.6. The minimum Gasteiger partial charge on any atom is -0.465 e. The Morgan fingerprint density at radius 2 is 2.11 bits per heavy atom. The number of ether oxygens (including phenoxy) is 1. The summed E-state index contributed by atoms with van der Waals surface area (Å²) < 4.78 is 4.93. The maximum absolute atomic E-state index is 12.4. The molecule has 1 aromatic heterocycles. The molecule has 0 saturated heterocycles. The maximum atomic E-state index is 12.4. The lowest BCUT2D eigenvalue weighted by molar-refractivity contribution is -0.111. The van der Waals surface area contributed by atoms with Crippen molar-refractivity contribution < 1.29 is 14.3 Å². The molecular formula is C20H19Cl2NO3S. The summed E-state index contributed by atoms with van der Waals surface area (Å²) in [5.74, 6) is -0.183. The van der Waals surface area contributed by atoms with Gasteiger partial charge in [0, 0.05) is 21.0 Å². The first kappa shape index (κ1) is 19.9. The molecule has 2 aromatic rings. The maximum Gasteiger partial charge on any atom is 0.341 e. The smallest absolute Gasteiger partial charge is 0.341 e. The van der Waals surface area contributed by atoms with Crippen molar-refractivity contribution >= 4 is 57.5 Å². The molecule has 1 unspecified atom stereocenters. The van der Waals surface area contributed by atoms with Crippen LogP contribution in [0.25, 0.3) is 6.08 Å². The lowest BCUT2D eigenvalue weighted by Crippen LogP contribution is -2.14. The molecule has 1 atom stereocenters. The number of carbonyl (C=O) groups excluding carboxylic acids is 2. The van der Waals surface area contributed by atoms with Crippen LogP contribution in [-0.2, 0) is 22.4 Å². The van der Waals surface area contributed by atoms with Gasteiger partial charge in [0.15, 0.2) is 0 Å². The molecule has 7 heteroatoms. The van der Waals surface area contributed by atoms with Crippen LogP contribution >= 0.6 is 34.5 Å². The van der Waals surface area contributed by atoms with E-state index in [9.17, 15) is 9.59 Å². The van der Waals surface area contributed by atoms with Crippen LogP contribution in [0, 0.1) is 5.92 Å². The Morgan fingerprint density at radius 3 is 2.81 bits per heavy atom. The SMILES string of the molecule is COC(=O)c1c(NC(=O)C=Cc2ccc(Cl)cc2Cl)sc2c1CCC(C)C2. The third-order valence-electron chi connectivity index (χ3n) is 4.51. The molecule has 1 amide bonds. The van der Waals surface area contributed by atoms with E-state index in [2.05, 4.69) is 12.2 Å². The van der Waals surface area contributed by atoms with Crippen LogP contribution in [-0.4, -0.2) is 19.0 Å². The van der Waals surface area contributed by atoms with E-state index in [1.165, 1.54) is 24.5 Å². The van der Waals surface area contributed by atoms with Crippen LogP contribution in [0.3, 0.4) is 0 Å². The molecule has 0 aliphatic heterocycles. The molecule has 3 rings (SSSR count). The summed E-state index contributed by atoms with van der Waals surface area (Å²) in [5.41, 5.74) is 2.17. The molecule has 1 N–H and O–H groups in total. The molecule has 0 saturated carbocycles. The molecule has 142 valence electrons. The normalized spacial score (nSPS) is 16.2. The number of methoxy groups -OCH3 is 1.